The predicted molar refractivity (Wildman–Crippen MR) is 119 cm³/mol. The van der Waals surface area contributed by atoms with Gasteiger partial charge in [0.1, 0.15) is 0 Å². The quantitative estimate of drug-likeness (QED) is 0.448. The molecule has 0 saturated heterocycles. The molecular weight excluding hydrogens is 352 g/mol. The highest BCUT2D eigenvalue weighted by atomic mass is 14.9. The summed E-state index contributed by atoms with van der Waals surface area (Å²) in [5, 5.41) is 0. The van der Waals surface area contributed by atoms with Crippen molar-refractivity contribution < 1.29 is 0 Å². The molecule has 7 rings (SSSR count). The number of hydrogen-bond donors (Lipinski definition) is 0. The van der Waals surface area contributed by atoms with Crippen molar-refractivity contribution in [3.63, 3.8) is 0 Å². The Morgan fingerprint density at radius 3 is 2.10 bits per heavy atom. The Bertz CT molecular complexity index is 991. The molecule has 1 heterocycles. The molecule has 0 N–H and O–H groups in total. The normalized spacial score (nSPS) is 30.3. The second kappa shape index (κ2) is 6.73. The minimum absolute atomic E-state index is 0.476. The topological polar surface area (TPSA) is 17.3 Å². The Balaban J connectivity index is 1.19. The monoisotopic (exact) mass is 380 g/mol. The fourth-order valence-corrected chi connectivity index (χ4v) is 6.76. The zero-order chi connectivity index (χ0) is 19.3. The fourth-order valence-electron chi connectivity index (χ4n) is 6.76. The van der Waals surface area contributed by atoms with Crippen LogP contribution in [0, 0.1) is 17.8 Å². The molecule has 0 amide bonds. The summed E-state index contributed by atoms with van der Waals surface area (Å²) in [6.45, 7) is 0. The molecule has 2 heteroatoms. The minimum atomic E-state index is 0.476. The predicted octanol–water partition coefficient (Wildman–Crippen LogP) is 6.70. The van der Waals surface area contributed by atoms with E-state index in [0.29, 0.717) is 5.41 Å². The first kappa shape index (κ1) is 17.3. The summed E-state index contributed by atoms with van der Waals surface area (Å²) in [7, 11) is 0. The van der Waals surface area contributed by atoms with E-state index in [1.807, 2.05) is 12.3 Å². The van der Waals surface area contributed by atoms with Gasteiger partial charge in [-0.25, -0.2) is 0 Å². The summed E-state index contributed by atoms with van der Waals surface area (Å²) in [5.74, 6) is 2.98. The van der Waals surface area contributed by atoms with Gasteiger partial charge in [0, 0.05) is 29.9 Å². The number of nitrogens with zero attached hydrogens (tertiary/aromatic N) is 2. The van der Waals surface area contributed by atoms with Gasteiger partial charge in [0.15, 0.2) is 0 Å². The summed E-state index contributed by atoms with van der Waals surface area (Å²) in [6, 6.07) is 21.7. The van der Waals surface area contributed by atoms with Crippen molar-refractivity contribution in [2.75, 3.05) is 0 Å². The van der Waals surface area contributed by atoms with Crippen LogP contribution in [0.25, 0.3) is 5.69 Å². The second-order valence-electron chi connectivity index (χ2n) is 9.69. The Morgan fingerprint density at radius 1 is 0.793 bits per heavy atom. The summed E-state index contributed by atoms with van der Waals surface area (Å²) in [5.41, 5.74) is 5.40. The number of aromatic nitrogens is 1. The van der Waals surface area contributed by atoms with E-state index in [0.717, 1.165) is 29.0 Å². The molecule has 4 fully saturated rings. The van der Waals surface area contributed by atoms with E-state index in [9.17, 15) is 0 Å². The van der Waals surface area contributed by atoms with Crippen LogP contribution < -0.4 is 0 Å². The van der Waals surface area contributed by atoms with Gasteiger partial charge in [-0.15, -0.1) is 0 Å². The average molecular weight is 381 g/mol. The molecule has 0 aliphatic heterocycles. The van der Waals surface area contributed by atoms with Gasteiger partial charge < -0.3 is 4.57 Å². The molecule has 29 heavy (non-hydrogen) atoms. The van der Waals surface area contributed by atoms with E-state index in [1.54, 1.807) is 5.56 Å². The molecule has 4 bridgehead atoms. The van der Waals surface area contributed by atoms with Gasteiger partial charge in [-0.3, -0.25) is 4.99 Å². The summed E-state index contributed by atoms with van der Waals surface area (Å²) < 4.78 is 2.14. The van der Waals surface area contributed by atoms with Crippen LogP contribution in [0.1, 0.15) is 49.7 Å². The van der Waals surface area contributed by atoms with Gasteiger partial charge in [-0.2, -0.15) is 0 Å². The maximum Gasteiger partial charge on any atom is 0.0630 e. The molecule has 3 aromatic rings. The molecular formula is C27H28N2. The molecule has 4 aliphatic rings. The average Bonchev–Trinajstić information content (AvgIpc) is 3.21. The lowest BCUT2D eigenvalue weighted by atomic mass is 9.48. The lowest BCUT2D eigenvalue weighted by Crippen LogP contribution is -2.48. The largest absolute Gasteiger partial charge is 0.323 e. The van der Waals surface area contributed by atoms with Crippen molar-refractivity contribution in [3.05, 3.63) is 84.2 Å². The zero-order valence-corrected chi connectivity index (χ0v) is 16.9. The minimum Gasteiger partial charge on any atom is -0.323 e. The molecule has 2 aromatic carbocycles. The molecule has 0 unspecified atom stereocenters. The third kappa shape index (κ3) is 3.15. The van der Waals surface area contributed by atoms with E-state index in [2.05, 4.69) is 71.6 Å². The highest BCUT2D eigenvalue weighted by Gasteiger charge is 2.51. The van der Waals surface area contributed by atoms with Gasteiger partial charge in [-0.1, -0.05) is 30.3 Å². The highest BCUT2D eigenvalue weighted by molar-refractivity contribution is 5.81. The van der Waals surface area contributed by atoms with Gasteiger partial charge in [0.2, 0.25) is 0 Å². The number of aliphatic imine (C=N–C) groups is 1. The first-order valence-electron chi connectivity index (χ1n) is 11.1. The van der Waals surface area contributed by atoms with Crippen molar-refractivity contribution in [1.29, 1.82) is 0 Å². The van der Waals surface area contributed by atoms with Crippen LogP contribution in [0.2, 0.25) is 0 Å². The summed E-state index contributed by atoms with van der Waals surface area (Å²) in [4.78, 5) is 4.73. The Hall–Kier alpha value is -2.61. The maximum absolute atomic E-state index is 4.73. The second-order valence-corrected chi connectivity index (χ2v) is 9.69. The summed E-state index contributed by atoms with van der Waals surface area (Å²) in [6.07, 6.45) is 15.0. The van der Waals surface area contributed by atoms with E-state index >= 15 is 0 Å². The molecule has 4 aliphatic carbocycles. The van der Waals surface area contributed by atoms with E-state index in [1.165, 1.54) is 44.2 Å². The molecule has 0 atom stereocenters. The highest BCUT2D eigenvalue weighted by Crippen LogP contribution is 2.60. The van der Waals surface area contributed by atoms with Crippen LogP contribution in [-0.4, -0.2) is 10.8 Å². The third-order valence-electron chi connectivity index (χ3n) is 7.65. The van der Waals surface area contributed by atoms with E-state index < -0.39 is 0 Å². The molecule has 4 saturated carbocycles. The van der Waals surface area contributed by atoms with E-state index in [-0.39, 0.29) is 0 Å². The van der Waals surface area contributed by atoms with Crippen LogP contribution in [0.3, 0.4) is 0 Å². The zero-order valence-electron chi connectivity index (χ0n) is 16.9. The van der Waals surface area contributed by atoms with Crippen molar-refractivity contribution in [1.82, 2.24) is 4.57 Å². The maximum atomic E-state index is 4.73. The standard InChI is InChI=1S/C27H28N2/c1-2-4-26(5-3-1)29-11-10-20(19-29)18-28-25-8-6-24(7-9-25)27-15-21-12-22(16-27)14-23(13-21)17-27/h1-11,18-19,21-23H,12-17H2. The van der Waals surface area contributed by atoms with Crippen molar-refractivity contribution in [2.24, 2.45) is 22.7 Å². The van der Waals surface area contributed by atoms with Crippen molar-refractivity contribution in [2.45, 2.75) is 43.9 Å². The Morgan fingerprint density at radius 2 is 1.45 bits per heavy atom. The number of para-hydroxylation sites is 1. The SMILES string of the molecule is C(=Nc1ccc(C23CC4CC(CC(C4)C2)C3)cc1)c1ccn(-c2ccccc2)c1. The van der Waals surface area contributed by atoms with Crippen LogP contribution >= 0.6 is 0 Å². The number of benzene rings is 2. The van der Waals surface area contributed by atoms with Gasteiger partial charge in [0.25, 0.3) is 0 Å². The Labute approximate surface area is 173 Å². The smallest absolute Gasteiger partial charge is 0.0630 e. The molecule has 0 spiro atoms. The lowest BCUT2D eigenvalue weighted by Gasteiger charge is -2.57. The third-order valence-corrected chi connectivity index (χ3v) is 7.65. The van der Waals surface area contributed by atoms with Crippen LogP contribution in [-0.2, 0) is 5.41 Å². The van der Waals surface area contributed by atoms with E-state index in [4.69, 9.17) is 4.99 Å². The van der Waals surface area contributed by atoms with Crippen molar-refractivity contribution >= 4 is 11.9 Å². The number of hydrogen-bond acceptors (Lipinski definition) is 1. The lowest BCUT2D eigenvalue weighted by molar-refractivity contribution is -0.00518. The van der Waals surface area contributed by atoms with Crippen LogP contribution in [0.4, 0.5) is 5.69 Å². The van der Waals surface area contributed by atoms with Crippen LogP contribution in [0.5, 0.6) is 0 Å². The molecule has 0 radical (unpaired) electrons. The number of rotatable bonds is 4. The molecule has 1 aromatic heterocycles. The van der Waals surface area contributed by atoms with Gasteiger partial charge >= 0.3 is 0 Å². The van der Waals surface area contributed by atoms with Crippen LogP contribution in [0.15, 0.2) is 78.0 Å². The van der Waals surface area contributed by atoms with Gasteiger partial charge in [0.05, 0.1) is 5.69 Å². The summed E-state index contributed by atoms with van der Waals surface area (Å²) >= 11 is 0. The molecule has 2 nitrogen and oxygen atoms in total. The van der Waals surface area contributed by atoms with Crippen molar-refractivity contribution in [3.8, 4) is 5.69 Å². The first-order chi connectivity index (χ1) is 14.3. The Kier molecular flexibility index (Phi) is 4.00. The van der Waals surface area contributed by atoms with Gasteiger partial charge in [-0.05, 0) is 97.6 Å². The first-order valence-corrected chi connectivity index (χ1v) is 11.1. The fraction of sp³-hybridized carbons (Fsp3) is 0.370. The molecule has 146 valence electrons.